The summed E-state index contributed by atoms with van der Waals surface area (Å²) >= 11 is 0. The molecule has 34 heavy (non-hydrogen) atoms. The molecule has 0 radical (unpaired) electrons. The molecule has 0 aromatic heterocycles. The molecule has 184 valence electrons. The smallest absolute Gasteiger partial charge is 0.298 e. The molecule has 2 unspecified atom stereocenters. The molecule has 0 spiro atoms. The quantitative estimate of drug-likeness (QED) is 0.141. The first-order chi connectivity index (χ1) is 16.0. The summed E-state index contributed by atoms with van der Waals surface area (Å²) in [5.74, 6) is -2.77. The highest BCUT2D eigenvalue weighted by molar-refractivity contribution is 5.69. The summed E-state index contributed by atoms with van der Waals surface area (Å²) in [6.07, 6.45) is -11.9. The fourth-order valence-corrected chi connectivity index (χ4v) is 4.75. The maximum Gasteiger partial charge on any atom is 0.298 e. The van der Waals surface area contributed by atoms with Crippen LogP contribution < -0.4 is 4.74 Å². The van der Waals surface area contributed by atoms with Crippen LogP contribution in [0.15, 0.2) is 12.1 Å². The van der Waals surface area contributed by atoms with Crippen molar-refractivity contribution < 1.29 is 60.2 Å². The van der Waals surface area contributed by atoms with Crippen molar-refractivity contribution in [2.24, 2.45) is 0 Å². The summed E-state index contributed by atoms with van der Waals surface area (Å²) in [4.78, 5) is 10.7. The zero-order valence-corrected chi connectivity index (χ0v) is 17.7. The van der Waals surface area contributed by atoms with Crippen molar-refractivity contribution in [2.45, 2.75) is 49.7 Å². The lowest BCUT2D eigenvalue weighted by molar-refractivity contribution is -0.232. The van der Waals surface area contributed by atoms with Crippen LogP contribution in [0.4, 0.5) is 0 Å². The average molecular weight is 480 g/mol. The number of aliphatic hydroxyl groups excluding tert-OH is 6. The van der Waals surface area contributed by atoms with Gasteiger partial charge in [0.25, 0.3) is 6.47 Å². The van der Waals surface area contributed by atoms with Gasteiger partial charge in [-0.1, -0.05) is 0 Å². The molecule has 0 saturated carbocycles. The maximum atomic E-state index is 11.1. The molecule has 0 bridgehead atoms. The Morgan fingerprint density at radius 1 is 0.853 bits per heavy atom. The zero-order valence-electron chi connectivity index (χ0n) is 17.7. The third-order valence-electron chi connectivity index (χ3n) is 6.40. The first-order valence-corrected chi connectivity index (χ1v) is 10.3. The lowest BCUT2D eigenvalue weighted by Gasteiger charge is -2.41. The minimum absolute atomic E-state index is 0.0477. The average Bonchev–Trinajstić information content (AvgIpc) is 2.79. The second kappa shape index (κ2) is 8.67. The monoisotopic (exact) mass is 480 g/mol. The number of hydrogen-bond donors (Lipinski definition) is 9. The first-order valence-electron chi connectivity index (χ1n) is 10.3. The minimum Gasteiger partial charge on any atom is -0.507 e. The van der Waals surface area contributed by atoms with E-state index in [4.69, 9.17) is 9.47 Å². The Morgan fingerprint density at radius 2 is 1.47 bits per heavy atom. The Kier molecular flexibility index (Phi) is 6.16. The molecule has 2 aromatic carbocycles. The van der Waals surface area contributed by atoms with Crippen molar-refractivity contribution in [3.63, 3.8) is 0 Å². The summed E-state index contributed by atoms with van der Waals surface area (Å²) in [5, 5.41) is 94.6. The van der Waals surface area contributed by atoms with Crippen LogP contribution in [0.1, 0.15) is 51.7 Å². The van der Waals surface area contributed by atoms with E-state index in [2.05, 4.69) is 0 Å². The molecule has 1 saturated heterocycles. The van der Waals surface area contributed by atoms with Crippen LogP contribution in [0.5, 0.6) is 23.0 Å². The molecule has 12 heteroatoms. The number of phenolic OH excluding ortho intramolecular Hbond substituents is 3. The highest BCUT2D eigenvalue weighted by Gasteiger charge is 2.48. The van der Waals surface area contributed by atoms with E-state index in [1.807, 2.05) is 0 Å². The van der Waals surface area contributed by atoms with Gasteiger partial charge in [-0.15, -0.1) is 0 Å². The SMILES string of the molecule is Cc1cc(OC=O)cc2c1C(O)c1c(O)c([C@H]3O[C@H](CO)[C@@H](O)[C@H](O)[C@H]3O)c(O)c(O)c1C2O. The Balaban J connectivity index is 1.92. The highest BCUT2D eigenvalue weighted by atomic mass is 16.5. The van der Waals surface area contributed by atoms with Crippen molar-refractivity contribution in [1.29, 1.82) is 0 Å². The minimum atomic E-state index is -1.91. The van der Waals surface area contributed by atoms with Crippen LogP contribution in [0, 0.1) is 6.92 Å². The number of hydrogen-bond acceptors (Lipinski definition) is 12. The Labute approximate surface area is 192 Å². The molecule has 0 amide bonds. The largest absolute Gasteiger partial charge is 0.507 e. The van der Waals surface area contributed by atoms with Gasteiger partial charge in [0.15, 0.2) is 11.5 Å². The fraction of sp³-hybridized carbons (Fsp3) is 0.409. The summed E-state index contributed by atoms with van der Waals surface area (Å²) in [6.45, 7) is 0.939. The van der Waals surface area contributed by atoms with Gasteiger partial charge in [-0.2, -0.15) is 0 Å². The third-order valence-corrected chi connectivity index (χ3v) is 6.40. The number of aryl methyl sites for hydroxylation is 1. The second-order valence-electron chi connectivity index (χ2n) is 8.30. The molecule has 2 aliphatic rings. The van der Waals surface area contributed by atoms with E-state index in [-0.39, 0.29) is 23.3 Å². The van der Waals surface area contributed by atoms with E-state index in [9.17, 15) is 50.8 Å². The second-order valence-corrected chi connectivity index (χ2v) is 8.30. The van der Waals surface area contributed by atoms with E-state index < -0.39 is 83.3 Å². The van der Waals surface area contributed by atoms with Gasteiger partial charge in [0.1, 0.15) is 54.2 Å². The third kappa shape index (κ3) is 3.39. The Bertz CT molecular complexity index is 1130. The number of fused-ring (bicyclic) bond motifs is 2. The maximum absolute atomic E-state index is 11.1. The molecule has 4 rings (SSSR count). The van der Waals surface area contributed by atoms with Gasteiger partial charge in [0.2, 0.25) is 0 Å². The zero-order chi connectivity index (χ0) is 25.1. The van der Waals surface area contributed by atoms with Gasteiger partial charge in [0.05, 0.1) is 12.2 Å². The Hall–Kier alpha value is -2.97. The van der Waals surface area contributed by atoms with Crippen LogP contribution in [0.2, 0.25) is 0 Å². The molecule has 12 nitrogen and oxygen atoms in total. The summed E-state index contributed by atoms with van der Waals surface area (Å²) in [5.41, 5.74) is -0.903. The number of carbonyl (C=O) groups excluding carboxylic acids is 1. The van der Waals surface area contributed by atoms with Gasteiger partial charge in [-0.3, -0.25) is 4.79 Å². The van der Waals surface area contributed by atoms with E-state index in [1.54, 1.807) is 6.92 Å². The molecule has 1 aliphatic heterocycles. The number of phenols is 3. The summed E-state index contributed by atoms with van der Waals surface area (Å²) in [6, 6.07) is 2.66. The molecule has 7 atom stereocenters. The molecule has 1 fully saturated rings. The van der Waals surface area contributed by atoms with Crippen LogP contribution >= 0.6 is 0 Å². The van der Waals surface area contributed by atoms with Crippen LogP contribution in [0.3, 0.4) is 0 Å². The predicted molar refractivity (Wildman–Crippen MR) is 110 cm³/mol. The van der Waals surface area contributed by atoms with E-state index in [1.165, 1.54) is 12.1 Å². The van der Waals surface area contributed by atoms with Crippen molar-refractivity contribution in [2.75, 3.05) is 6.61 Å². The van der Waals surface area contributed by atoms with E-state index >= 15 is 0 Å². The molecular weight excluding hydrogens is 456 g/mol. The van der Waals surface area contributed by atoms with E-state index in [0.29, 0.717) is 5.56 Å². The lowest BCUT2D eigenvalue weighted by Crippen LogP contribution is -2.55. The van der Waals surface area contributed by atoms with Gasteiger partial charge in [0, 0.05) is 11.1 Å². The number of rotatable bonds is 4. The van der Waals surface area contributed by atoms with Crippen molar-refractivity contribution >= 4 is 6.47 Å². The van der Waals surface area contributed by atoms with Gasteiger partial charge < -0.3 is 55.4 Å². The number of benzene rings is 2. The highest BCUT2D eigenvalue weighted by Crippen LogP contribution is 2.56. The summed E-state index contributed by atoms with van der Waals surface area (Å²) in [7, 11) is 0. The van der Waals surface area contributed by atoms with Crippen LogP contribution in [-0.4, -0.2) is 83.5 Å². The molecule has 2 aromatic rings. The van der Waals surface area contributed by atoms with Crippen LogP contribution in [0.25, 0.3) is 0 Å². The molecule has 9 N–H and O–H groups in total. The van der Waals surface area contributed by atoms with Crippen molar-refractivity contribution in [1.82, 2.24) is 0 Å². The summed E-state index contributed by atoms with van der Waals surface area (Å²) < 4.78 is 10.2. The number of ether oxygens (including phenoxy) is 2. The van der Waals surface area contributed by atoms with Gasteiger partial charge in [-0.05, 0) is 35.7 Å². The van der Waals surface area contributed by atoms with Crippen molar-refractivity contribution in [3.05, 3.63) is 45.5 Å². The molecular formula is C22H24O12. The number of aromatic hydroxyl groups is 3. The number of carbonyl (C=O) groups is 1. The Morgan fingerprint density at radius 3 is 2.09 bits per heavy atom. The topological polar surface area (TPSA) is 218 Å². The standard InChI is InChI=1S/C22H24O12/c1-6-2-7(33-5-24)3-8-10(6)16(27)12-11(14(8)25)18(29)19(30)13(17(12)28)22-21(32)20(31)15(26)9(4-23)34-22/h2-3,5,9,14-16,20-23,25-32H,4H2,1H3/t9-,14?,15-,16?,20+,21-,22-/m1/s1. The van der Waals surface area contributed by atoms with Crippen molar-refractivity contribution in [3.8, 4) is 23.0 Å². The fourth-order valence-electron chi connectivity index (χ4n) is 4.75. The number of aliphatic hydroxyl groups is 6. The molecule has 1 heterocycles. The van der Waals surface area contributed by atoms with Crippen LogP contribution in [-0.2, 0) is 9.53 Å². The molecule has 1 aliphatic carbocycles. The van der Waals surface area contributed by atoms with Gasteiger partial charge >= 0.3 is 0 Å². The first kappa shape index (κ1) is 24.2. The predicted octanol–water partition coefficient (Wildman–Crippen LogP) is -1.36. The van der Waals surface area contributed by atoms with Gasteiger partial charge in [-0.25, -0.2) is 0 Å². The normalized spacial score (nSPS) is 30.4. The van der Waals surface area contributed by atoms with E-state index in [0.717, 1.165) is 0 Å². The lowest BCUT2D eigenvalue weighted by atomic mass is 9.77.